The highest BCUT2D eigenvalue weighted by molar-refractivity contribution is 5.78. The Morgan fingerprint density at radius 3 is 1.89 bits per heavy atom. The number of para-hydroxylation sites is 2. The molecule has 3 nitrogen and oxygen atoms in total. The van der Waals surface area contributed by atoms with Crippen molar-refractivity contribution in [2.45, 2.75) is 0 Å². The molecule has 0 amide bonds. The predicted octanol–water partition coefficient (Wildman–Crippen LogP) is 3.38. The lowest BCUT2D eigenvalue weighted by Gasteiger charge is -2.14. The summed E-state index contributed by atoms with van der Waals surface area (Å²) in [5, 5.41) is 0. The number of methoxy groups -OCH3 is 3. The van der Waals surface area contributed by atoms with Crippen LogP contribution in [0.5, 0.6) is 17.2 Å². The molecule has 0 aliphatic rings. The molecule has 0 spiro atoms. The van der Waals surface area contributed by atoms with E-state index in [2.05, 4.69) is 0 Å². The van der Waals surface area contributed by atoms with Gasteiger partial charge in [0.05, 0.1) is 21.3 Å². The molecule has 2 rings (SSSR count). The zero-order valence-corrected chi connectivity index (χ0v) is 10.8. The lowest BCUT2D eigenvalue weighted by atomic mass is 10.0. The maximum atomic E-state index is 5.44. The minimum atomic E-state index is 0.709. The Bertz CT molecular complexity index is 535. The van der Waals surface area contributed by atoms with Crippen molar-refractivity contribution >= 4 is 0 Å². The van der Waals surface area contributed by atoms with Crippen LogP contribution in [0.1, 0.15) is 0 Å². The summed E-state index contributed by atoms with van der Waals surface area (Å²) in [7, 11) is 4.92. The molecule has 0 radical (unpaired) electrons. The molecule has 0 N–H and O–H groups in total. The van der Waals surface area contributed by atoms with Crippen molar-refractivity contribution in [1.82, 2.24) is 0 Å². The van der Waals surface area contributed by atoms with E-state index in [1.807, 2.05) is 42.5 Å². The first-order chi connectivity index (χ1) is 8.81. The highest BCUT2D eigenvalue weighted by atomic mass is 16.5. The minimum Gasteiger partial charge on any atom is -0.496 e. The number of rotatable bonds is 4. The summed E-state index contributed by atoms with van der Waals surface area (Å²) in [6.07, 6.45) is 0. The van der Waals surface area contributed by atoms with Crippen molar-refractivity contribution in [3.63, 3.8) is 0 Å². The quantitative estimate of drug-likeness (QED) is 0.825. The van der Waals surface area contributed by atoms with Crippen LogP contribution >= 0.6 is 0 Å². The van der Waals surface area contributed by atoms with Crippen LogP contribution in [0.15, 0.2) is 42.5 Å². The van der Waals surface area contributed by atoms with Gasteiger partial charge >= 0.3 is 0 Å². The Morgan fingerprint density at radius 1 is 0.611 bits per heavy atom. The molecular weight excluding hydrogens is 228 g/mol. The molecule has 0 fully saturated rings. The number of hydrogen-bond donors (Lipinski definition) is 0. The molecule has 0 aromatic heterocycles. The van der Waals surface area contributed by atoms with E-state index in [1.54, 1.807) is 21.3 Å². The van der Waals surface area contributed by atoms with Crippen LogP contribution in [-0.4, -0.2) is 21.3 Å². The van der Waals surface area contributed by atoms with Crippen LogP contribution in [0.3, 0.4) is 0 Å². The van der Waals surface area contributed by atoms with Gasteiger partial charge in [-0.05, 0) is 12.1 Å². The number of hydrogen-bond acceptors (Lipinski definition) is 3. The van der Waals surface area contributed by atoms with Crippen LogP contribution in [0.25, 0.3) is 11.1 Å². The van der Waals surface area contributed by atoms with Gasteiger partial charge in [-0.25, -0.2) is 0 Å². The van der Waals surface area contributed by atoms with E-state index >= 15 is 0 Å². The summed E-state index contributed by atoms with van der Waals surface area (Å²) in [4.78, 5) is 0. The van der Waals surface area contributed by atoms with Gasteiger partial charge in [0.1, 0.15) is 5.75 Å². The molecule has 2 aromatic carbocycles. The normalized spacial score (nSPS) is 9.94. The van der Waals surface area contributed by atoms with Crippen LogP contribution in [0.4, 0.5) is 0 Å². The van der Waals surface area contributed by atoms with E-state index < -0.39 is 0 Å². The molecular formula is C15H16O3. The number of benzene rings is 2. The van der Waals surface area contributed by atoms with Gasteiger partial charge in [-0.1, -0.05) is 30.3 Å². The van der Waals surface area contributed by atoms with Gasteiger partial charge in [-0.3, -0.25) is 0 Å². The average Bonchev–Trinajstić information content (AvgIpc) is 2.46. The lowest BCUT2D eigenvalue weighted by Crippen LogP contribution is -1.94. The standard InChI is InChI=1S/C15H16O3/c1-16-13-9-5-4-7-11(13)12-8-6-10-14(17-2)15(12)18-3/h4-10H,1-3H3. The smallest absolute Gasteiger partial charge is 0.168 e. The molecule has 0 unspecified atom stereocenters. The summed E-state index contributed by atoms with van der Waals surface area (Å²) < 4.78 is 16.1. The fourth-order valence-corrected chi connectivity index (χ4v) is 1.97. The largest absolute Gasteiger partial charge is 0.496 e. The Morgan fingerprint density at radius 2 is 1.22 bits per heavy atom. The molecule has 0 aliphatic heterocycles. The Hall–Kier alpha value is -2.16. The van der Waals surface area contributed by atoms with E-state index in [0.29, 0.717) is 11.5 Å². The minimum absolute atomic E-state index is 0.709. The van der Waals surface area contributed by atoms with Gasteiger partial charge in [0.2, 0.25) is 0 Å². The van der Waals surface area contributed by atoms with E-state index in [4.69, 9.17) is 14.2 Å². The molecule has 2 aromatic rings. The highest BCUT2D eigenvalue weighted by Gasteiger charge is 2.14. The van der Waals surface area contributed by atoms with E-state index in [0.717, 1.165) is 16.9 Å². The van der Waals surface area contributed by atoms with Gasteiger partial charge in [0, 0.05) is 11.1 Å². The van der Waals surface area contributed by atoms with Crippen molar-refractivity contribution in [3.8, 4) is 28.4 Å². The Kier molecular flexibility index (Phi) is 3.72. The second-order valence-corrected chi connectivity index (χ2v) is 3.74. The first kappa shape index (κ1) is 12.3. The molecule has 0 heterocycles. The van der Waals surface area contributed by atoms with Crippen LogP contribution in [0.2, 0.25) is 0 Å². The van der Waals surface area contributed by atoms with Gasteiger partial charge in [0.15, 0.2) is 11.5 Å². The second kappa shape index (κ2) is 5.45. The molecule has 0 saturated carbocycles. The summed E-state index contributed by atoms with van der Waals surface area (Å²) in [6, 6.07) is 13.6. The van der Waals surface area contributed by atoms with Crippen molar-refractivity contribution in [3.05, 3.63) is 42.5 Å². The van der Waals surface area contributed by atoms with Crippen molar-refractivity contribution < 1.29 is 14.2 Å². The third kappa shape index (κ3) is 2.12. The molecule has 94 valence electrons. The maximum Gasteiger partial charge on any atom is 0.168 e. The molecule has 0 aliphatic carbocycles. The van der Waals surface area contributed by atoms with Gasteiger partial charge < -0.3 is 14.2 Å². The van der Waals surface area contributed by atoms with Gasteiger partial charge in [-0.2, -0.15) is 0 Å². The third-order valence-corrected chi connectivity index (χ3v) is 2.80. The van der Waals surface area contributed by atoms with Crippen LogP contribution in [-0.2, 0) is 0 Å². The molecule has 0 bridgehead atoms. The topological polar surface area (TPSA) is 27.7 Å². The Labute approximate surface area is 107 Å². The van der Waals surface area contributed by atoms with E-state index in [1.165, 1.54) is 0 Å². The molecule has 18 heavy (non-hydrogen) atoms. The van der Waals surface area contributed by atoms with E-state index in [9.17, 15) is 0 Å². The van der Waals surface area contributed by atoms with Crippen molar-refractivity contribution in [1.29, 1.82) is 0 Å². The van der Waals surface area contributed by atoms with Gasteiger partial charge in [0.25, 0.3) is 0 Å². The first-order valence-electron chi connectivity index (χ1n) is 5.66. The Balaban J connectivity index is 2.63. The molecule has 0 atom stereocenters. The monoisotopic (exact) mass is 244 g/mol. The zero-order valence-electron chi connectivity index (χ0n) is 10.8. The summed E-state index contributed by atoms with van der Waals surface area (Å²) in [5.41, 5.74) is 1.94. The molecule has 3 heteroatoms. The summed E-state index contributed by atoms with van der Waals surface area (Å²) in [6.45, 7) is 0. The van der Waals surface area contributed by atoms with Gasteiger partial charge in [-0.15, -0.1) is 0 Å². The fourth-order valence-electron chi connectivity index (χ4n) is 1.97. The SMILES string of the molecule is COc1ccccc1-c1cccc(OC)c1OC. The lowest BCUT2D eigenvalue weighted by molar-refractivity contribution is 0.356. The highest BCUT2D eigenvalue weighted by Crippen LogP contribution is 2.41. The van der Waals surface area contributed by atoms with Crippen LogP contribution in [0, 0.1) is 0 Å². The summed E-state index contributed by atoms with van der Waals surface area (Å²) in [5.74, 6) is 2.23. The third-order valence-electron chi connectivity index (χ3n) is 2.80. The van der Waals surface area contributed by atoms with E-state index in [-0.39, 0.29) is 0 Å². The van der Waals surface area contributed by atoms with Crippen molar-refractivity contribution in [2.24, 2.45) is 0 Å². The number of ether oxygens (including phenoxy) is 3. The predicted molar refractivity (Wildman–Crippen MR) is 71.5 cm³/mol. The zero-order chi connectivity index (χ0) is 13.0. The summed E-state index contributed by atoms with van der Waals surface area (Å²) >= 11 is 0. The molecule has 0 saturated heterocycles. The first-order valence-corrected chi connectivity index (χ1v) is 5.66. The fraction of sp³-hybridized carbons (Fsp3) is 0.200. The maximum absolute atomic E-state index is 5.44. The average molecular weight is 244 g/mol. The van der Waals surface area contributed by atoms with Crippen molar-refractivity contribution in [2.75, 3.05) is 21.3 Å². The second-order valence-electron chi connectivity index (χ2n) is 3.74. The van der Waals surface area contributed by atoms with Crippen LogP contribution < -0.4 is 14.2 Å².